The van der Waals surface area contributed by atoms with E-state index >= 15 is 0 Å². The van der Waals surface area contributed by atoms with Crippen molar-refractivity contribution >= 4 is 15.9 Å². The van der Waals surface area contributed by atoms with Crippen molar-refractivity contribution in [1.29, 1.82) is 0 Å². The highest BCUT2D eigenvalue weighted by Gasteiger charge is 2.31. The number of pyridine rings is 1. The molecule has 1 saturated heterocycles. The van der Waals surface area contributed by atoms with E-state index < -0.39 is 10.0 Å². The first-order valence-corrected chi connectivity index (χ1v) is 9.87. The minimum Gasteiger partial charge on any atom is -0.383 e. The molecule has 0 radical (unpaired) electrons. The molecule has 1 fully saturated rings. The fourth-order valence-electron chi connectivity index (χ4n) is 2.72. The Kier molecular flexibility index (Phi) is 7.76. The number of sulfonamides is 1. The van der Waals surface area contributed by atoms with Crippen LogP contribution in [0.1, 0.15) is 12.8 Å². The highest BCUT2D eigenvalue weighted by Crippen LogP contribution is 2.23. The molecular formula is C16H26N4O4S. The maximum Gasteiger partial charge on any atom is 0.244 e. The molecule has 0 atom stereocenters. The second kappa shape index (κ2) is 9.81. The summed E-state index contributed by atoms with van der Waals surface area (Å²) in [6.45, 7) is 3.32. The standard InChI is InChI=1S/C16H26N4O4S/c1-24-12-9-17-7-8-19-16(21)14-4-10-20(11-5-14)25(22,23)15-3-2-6-18-13-15/h2-3,6,13-14,17H,4-5,7-12H2,1H3,(H,19,21). The van der Waals surface area contributed by atoms with Gasteiger partial charge in [-0.25, -0.2) is 8.42 Å². The molecule has 1 aliphatic rings. The Hall–Kier alpha value is -1.55. The van der Waals surface area contributed by atoms with Crippen LogP contribution in [0.3, 0.4) is 0 Å². The van der Waals surface area contributed by atoms with Crippen molar-refractivity contribution in [2.75, 3.05) is 46.4 Å². The van der Waals surface area contributed by atoms with Crippen LogP contribution >= 0.6 is 0 Å². The lowest BCUT2D eigenvalue weighted by molar-refractivity contribution is -0.126. The molecule has 1 aliphatic heterocycles. The molecule has 2 N–H and O–H groups in total. The minimum absolute atomic E-state index is 0.00744. The maximum atomic E-state index is 12.5. The molecule has 9 heteroatoms. The summed E-state index contributed by atoms with van der Waals surface area (Å²) >= 11 is 0. The molecule has 0 bridgehead atoms. The Morgan fingerprint density at radius 3 is 2.72 bits per heavy atom. The van der Waals surface area contributed by atoms with Crippen LogP contribution in [0.5, 0.6) is 0 Å². The van der Waals surface area contributed by atoms with E-state index in [1.54, 1.807) is 19.4 Å². The highest BCUT2D eigenvalue weighted by molar-refractivity contribution is 7.89. The first-order chi connectivity index (χ1) is 12.1. The van der Waals surface area contributed by atoms with Crippen molar-refractivity contribution in [2.45, 2.75) is 17.7 Å². The number of nitrogens with zero attached hydrogens (tertiary/aromatic N) is 2. The van der Waals surface area contributed by atoms with Gasteiger partial charge in [0.2, 0.25) is 15.9 Å². The Morgan fingerprint density at radius 2 is 2.08 bits per heavy atom. The van der Waals surface area contributed by atoms with Crippen molar-refractivity contribution < 1.29 is 17.9 Å². The smallest absolute Gasteiger partial charge is 0.244 e. The molecule has 25 heavy (non-hydrogen) atoms. The van der Waals surface area contributed by atoms with Gasteiger partial charge in [0.15, 0.2) is 0 Å². The molecule has 0 unspecified atom stereocenters. The molecule has 0 spiro atoms. The molecule has 1 amide bonds. The number of hydrogen-bond donors (Lipinski definition) is 2. The van der Waals surface area contributed by atoms with Crippen LogP contribution in [-0.4, -0.2) is 70.1 Å². The lowest BCUT2D eigenvalue weighted by atomic mass is 9.97. The first kappa shape index (κ1) is 19.8. The van der Waals surface area contributed by atoms with E-state index in [0.717, 1.165) is 6.54 Å². The van der Waals surface area contributed by atoms with Crippen molar-refractivity contribution in [2.24, 2.45) is 5.92 Å². The van der Waals surface area contributed by atoms with Gasteiger partial charge in [0.1, 0.15) is 4.90 Å². The number of hydrogen-bond acceptors (Lipinski definition) is 6. The molecule has 0 aromatic carbocycles. The van der Waals surface area contributed by atoms with Gasteiger partial charge in [-0.2, -0.15) is 4.31 Å². The Balaban J connectivity index is 1.75. The van der Waals surface area contributed by atoms with Crippen LogP contribution in [0, 0.1) is 5.92 Å². The third-order valence-electron chi connectivity index (χ3n) is 4.18. The quantitative estimate of drug-likeness (QED) is 0.586. The van der Waals surface area contributed by atoms with Gasteiger partial charge in [-0.05, 0) is 25.0 Å². The van der Waals surface area contributed by atoms with Crippen molar-refractivity contribution in [1.82, 2.24) is 19.9 Å². The van der Waals surface area contributed by atoms with E-state index in [4.69, 9.17) is 4.74 Å². The fraction of sp³-hybridized carbons (Fsp3) is 0.625. The molecule has 140 valence electrons. The van der Waals surface area contributed by atoms with Crippen LogP contribution in [-0.2, 0) is 19.6 Å². The van der Waals surface area contributed by atoms with Gasteiger partial charge in [0, 0.05) is 58.1 Å². The number of ether oxygens (including phenoxy) is 1. The summed E-state index contributed by atoms with van der Waals surface area (Å²) in [5, 5.41) is 6.05. The molecule has 2 heterocycles. The topological polar surface area (TPSA) is 101 Å². The normalized spacial score (nSPS) is 16.7. The van der Waals surface area contributed by atoms with E-state index in [0.29, 0.717) is 45.6 Å². The number of methoxy groups -OCH3 is 1. The summed E-state index contributed by atoms with van der Waals surface area (Å²) in [5.41, 5.74) is 0. The molecule has 8 nitrogen and oxygen atoms in total. The van der Waals surface area contributed by atoms with Crippen LogP contribution in [0.15, 0.2) is 29.4 Å². The van der Waals surface area contributed by atoms with Crippen molar-refractivity contribution in [3.8, 4) is 0 Å². The monoisotopic (exact) mass is 370 g/mol. The molecule has 0 aliphatic carbocycles. The fourth-order valence-corrected chi connectivity index (χ4v) is 4.16. The first-order valence-electron chi connectivity index (χ1n) is 8.43. The summed E-state index contributed by atoms with van der Waals surface area (Å²) in [7, 11) is -1.88. The lowest BCUT2D eigenvalue weighted by Crippen LogP contribution is -2.44. The third-order valence-corrected chi connectivity index (χ3v) is 6.06. The summed E-state index contributed by atoms with van der Waals surface area (Å²) in [5.74, 6) is -0.147. The Labute approximate surface area is 149 Å². The minimum atomic E-state index is -3.52. The molecular weight excluding hydrogens is 344 g/mol. The highest BCUT2D eigenvalue weighted by atomic mass is 32.2. The van der Waals surface area contributed by atoms with E-state index in [1.807, 2.05) is 0 Å². The largest absolute Gasteiger partial charge is 0.383 e. The zero-order valence-corrected chi connectivity index (χ0v) is 15.3. The molecule has 2 rings (SSSR count). The number of carbonyl (C=O) groups excluding carboxylic acids is 1. The average molecular weight is 370 g/mol. The van der Waals surface area contributed by atoms with E-state index in [2.05, 4.69) is 15.6 Å². The number of amides is 1. The van der Waals surface area contributed by atoms with E-state index in [1.165, 1.54) is 16.6 Å². The molecule has 0 saturated carbocycles. The van der Waals surface area contributed by atoms with Crippen LogP contribution < -0.4 is 10.6 Å². The van der Waals surface area contributed by atoms with Gasteiger partial charge in [-0.1, -0.05) is 0 Å². The number of piperidine rings is 1. The van der Waals surface area contributed by atoms with E-state index in [9.17, 15) is 13.2 Å². The van der Waals surface area contributed by atoms with Gasteiger partial charge in [-0.15, -0.1) is 0 Å². The summed E-state index contributed by atoms with van der Waals surface area (Å²) in [6, 6.07) is 3.14. The average Bonchev–Trinajstić information content (AvgIpc) is 2.65. The van der Waals surface area contributed by atoms with Gasteiger partial charge < -0.3 is 15.4 Å². The second-order valence-electron chi connectivity index (χ2n) is 5.90. The van der Waals surface area contributed by atoms with Gasteiger partial charge in [0.25, 0.3) is 0 Å². The second-order valence-corrected chi connectivity index (χ2v) is 7.84. The van der Waals surface area contributed by atoms with Crippen LogP contribution in [0.4, 0.5) is 0 Å². The summed E-state index contributed by atoms with van der Waals surface area (Å²) in [4.78, 5) is 16.2. The van der Waals surface area contributed by atoms with Gasteiger partial charge in [-0.3, -0.25) is 9.78 Å². The third kappa shape index (κ3) is 5.74. The number of carbonyl (C=O) groups is 1. The predicted octanol–water partition coefficient (Wildman–Crippen LogP) is -0.165. The summed E-state index contributed by atoms with van der Waals surface area (Å²) < 4.78 is 31.4. The molecule has 1 aromatic heterocycles. The Bertz CT molecular complexity index is 631. The number of rotatable bonds is 9. The van der Waals surface area contributed by atoms with Crippen LogP contribution in [0.25, 0.3) is 0 Å². The van der Waals surface area contributed by atoms with Gasteiger partial charge in [0.05, 0.1) is 6.61 Å². The zero-order chi connectivity index (χ0) is 18.1. The summed E-state index contributed by atoms with van der Waals surface area (Å²) in [6.07, 6.45) is 3.95. The lowest BCUT2D eigenvalue weighted by Gasteiger charge is -2.30. The van der Waals surface area contributed by atoms with E-state index in [-0.39, 0.29) is 16.7 Å². The SMILES string of the molecule is COCCNCCNC(=O)C1CCN(S(=O)(=O)c2cccnc2)CC1. The van der Waals surface area contributed by atoms with Gasteiger partial charge >= 0.3 is 0 Å². The zero-order valence-electron chi connectivity index (χ0n) is 14.5. The number of nitrogens with one attached hydrogen (secondary N) is 2. The Morgan fingerprint density at radius 1 is 1.32 bits per heavy atom. The number of aromatic nitrogens is 1. The maximum absolute atomic E-state index is 12.5. The van der Waals surface area contributed by atoms with Crippen molar-refractivity contribution in [3.63, 3.8) is 0 Å². The predicted molar refractivity (Wildman–Crippen MR) is 93.5 cm³/mol. The van der Waals surface area contributed by atoms with Crippen LogP contribution in [0.2, 0.25) is 0 Å². The van der Waals surface area contributed by atoms with Crippen molar-refractivity contribution in [3.05, 3.63) is 24.5 Å². The molecule has 1 aromatic rings.